The maximum absolute atomic E-state index is 13.5. The molecule has 7 rings (SSSR count). The molecule has 1 aliphatic carbocycles. The van der Waals surface area contributed by atoms with E-state index < -0.39 is 0 Å². The second-order valence-corrected chi connectivity index (χ2v) is 9.52. The predicted octanol–water partition coefficient (Wildman–Crippen LogP) is 6.93. The zero-order valence-electron chi connectivity index (χ0n) is 19.8. The predicted molar refractivity (Wildman–Crippen MR) is 143 cm³/mol. The summed E-state index contributed by atoms with van der Waals surface area (Å²) in [6.45, 7) is 0. The van der Waals surface area contributed by atoms with Crippen LogP contribution in [0.5, 0.6) is 0 Å². The molecule has 6 aromatic rings. The number of benzene rings is 3. The van der Waals surface area contributed by atoms with Crippen molar-refractivity contribution in [2.45, 2.75) is 12.8 Å². The lowest BCUT2D eigenvalue weighted by Gasteiger charge is -2.07. The summed E-state index contributed by atoms with van der Waals surface area (Å²) in [5, 5.41) is 12.7. The highest BCUT2D eigenvalue weighted by Crippen LogP contribution is 2.36. The number of carbonyl (C=O) groups excluding carboxylic acids is 1. The van der Waals surface area contributed by atoms with E-state index in [2.05, 4.69) is 37.6 Å². The lowest BCUT2D eigenvalue weighted by Crippen LogP contribution is -2.13. The second kappa shape index (κ2) is 8.41. The number of hydrogen-bond acceptors (Lipinski definition) is 3. The molecule has 7 heteroatoms. The average Bonchev–Trinajstić information content (AvgIpc) is 3.55. The molecule has 37 heavy (non-hydrogen) atoms. The molecule has 1 aliphatic rings. The van der Waals surface area contributed by atoms with Gasteiger partial charge in [0.1, 0.15) is 11.5 Å². The maximum Gasteiger partial charge on any atom is 0.227 e. The zero-order chi connectivity index (χ0) is 24.9. The lowest BCUT2D eigenvalue weighted by atomic mass is 10.0. The molecule has 180 valence electrons. The van der Waals surface area contributed by atoms with Gasteiger partial charge in [0.05, 0.1) is 23.1 Å². The van der Waals surface area contributed by atoms with E-state index in [-0.39, 0.29) is 17.6 Å². The van der Waals surface area contributed by atoms with Crippen LogP contribution in [0.1, 0.15) is 12.8 Å². The third-order valence-electron chi connectivity index (χ3n) is 6.92. The van der Waals surface area contributed by atoms with E-state index in [4.69, 9.17) is 0 Å². The summed E-state index contributed by atoms with van der Waals surface area (Å²) in [6, 6.07) is 22.7. The molecular formula is C30H22FN5O. The van der Waals surface area contributed by atoms with Crippen molar-refractivity contribution in [2.75, 3.05) is 5.32 Å². The van der Waals surface area contributed by atoms with Gasteiger partial charge in [0.2, 0.25) is 5.91 Å². The van der Waals surface area contributed by atoms with Crippen molar-refractivity contribution in [3.63, 3.8) is 0 Å². The number of aromatic amines is 2. The number of H-pyrrole nitrogens is 2. The van der Waals surface area contributed by atoms with E-state index in [1.807, 2.05) is 36.4 Å². The van der Waals surface area contributed by atoms with E-state index in [9.17, 15) is 9.18 Å². The topological polar surface area (TPSA) is 86.5 Å². The van der Waals surface area contributed by atoms with Crippen molar-refractivity contribution in [3.8, 4) is 33.6 Å². The zero-order valence-corrected chi connectivity index (χ0v) is 19.8. The number of pyridine rings is 1. The van der Waals surface area contributed by atoms with E-state index >= 15 is 0 Å². The first-order valence-electron chi connectivity index (χ1n) is 12.2. The number of nitrogens with one attached hydrogen (secondary N) is 3. The van der Waals surface area contributed by atoms with Gasteiger partial charge in [-0.05, 0) is 72.0 Å². The Morgan fingerprint density at radius 3 is 2.54 bits per heavy atom. The molecule has 1 saturated carbocycles. The number of carbonyl (C=O) groups is 1. The molecule has 0 unspecified atom stereocenters. The van der Waals surface area contributed by atoms with Crippen LogP contribution in [0.25, 0.3) is 55.4 Å². The van der Waals surface area contributed by atoms with Crippen molar-refractivity contribution in [2.24, 2.45) is 5.92 Å². The molecule has 0 atom stereocenters. The number of aromatic nitrogens is 4. The number of fused-ring (bicyclic) bond motifs is 2. The highest BCUT2D eigenvalue weighted by Gasteiger charge is 2.29. The van der Waals surface area contributed by atoms with Crippen LogP contribution in [0.15, 0.2) is 85.2 Å². The number of halogens is 1. The Hall–Kier alpha value is -4.78. The van der Waals surface area contributed by atoms with Crippen LogP contribution in [0.2, 0.25) is 0 Å². The Morgan fingerprint density at radius 1 is 0.865 bits per heavy atom. The molecule has 0 radical (unpaired) electrons. The molecule has 6 nitrogen and oxygen atoms in total. The van der Waals surface area contributed by atoms with Crippen LogP contribution in [-0.2, 0) is 4.79 Å². The fourth-order valence-electron chi connectivity index (χ4n) is 4.82. The highest BCUT2D eigenvalue weighted by molar-refractivity contribution is 6.02. The first-order chi connectivity index (χ1) is 18.1. The Bertz CT molecular complexity index is 1800. The first kappa shape index (κ1) is 21.5. The normalized spacial score (nSPS) is 13.3. The van der Waals surface area contributed by atoms with Gasteiger partial charge >= 0.3 is 0 Å². The largest absolute Gasteiger partial charge is 0.353 e. The van der Waals surface area contributed by atoms with Gasteiger partial charge < -0.3 is 10.3 Å². The van der Waals surface area contributed by atoms with Crippen molar-refractivity contribution in [3.05, 3.63) is 91.0 Å². The summed E-state index contributed by atoms with van der Waals surface area (Å²) < 4.78 is 13.5. The first-order valence-corrected chi connectivity index (χ1v) is 12.2. The van der Waals surface area contributed by atoms with Gasteiger partial charge in [-0.2, -0.15) is 5.10 Å². The van der Waals surface area contributed by atoms with E-state index in [0.29, 0.717) is 5.69 Å². The van der Waals surface area contributed by atoms with Gasteiger partial charge in [-0.3, -0.25) is 14.9 Å². The van der Waals surface area contributed by atoms with Gasteiger partial charge in [-0.25, -0.2) is 4.39 Å². The fourth-order valence-corrected chi connectivity index (χ4v) is 4.82. The SMILES string of the molecule is O=C(Nc1cncc(-c2ccc3[nH]nc(-c4cc5c(-c6ccc(F)cc6)cccc5[nH]4)c3c2)c1)C1CC1. The maximum atomic E-state index is 13.5. The molecule has 0 spiro atoms. The summed E-state index contributed by atoms with van der Waals surface area (Å²) in [5.41, 5.74) is 8.16. The van der Waals surface area contributed by atoms with Crippen molar-refractivity contribution < 1.29 is 9.18 Å². The minimum absolute atomic E-state index is 0.0605. The van der Waals surface area contributed by atoms with Crippen LogP contribution < -0.4 is 5.32 Å². The van der Waals surface area contributed by atoms with Crippen LogP contribution >= 0.6 is 0 Å². The van der Waals surface area contributed by atoms with Crippen molar-refractivity contribution in [1.82, 2.24) is 20.2 Å². The molecule has 3 aromatic carbocycles. The van der Waals surface area contributed by atoms with Crippen LogP contribution in [0.3, 0.4) is 0 Å². The third kappa shape index (κ3) is 3.94. The average molecular weight is 488 g/mol. The molecule has 3 N–H and O–H groups in total. The van der Waals surface area contributed by atoms with Crippen LogP contribution in [0, 0.1) is 11.7 Å². The summed E-state index contributed by atoms with van der Waals surface area (Å²) in [6.07, 6.45) is 5.39. The molecule has 0 aliphatic heterocycles. The summed E-state index contributed by atoms with van der Waals surface area (Å²) >= 11 is 0. The Labute approximate surface area is 211 Å². The monoisotopic (exact) mass is 487 g/mol. The second-order valence-electron chi connectivity index (χ2n) is 9.52. The van der Waals surface area contributed by atoms with Gasteiger partial charge in [0.25, 0.3) is 0 Å². The smallest absolute Gasteiger partial charge is 0.227 e. The Balaban J connectivity index is 1.28. The number of hydrogen-bond donors (Lipinski definition) is 3. The highest BCUT2D eigenvalue weighted by atomic mass is 19.1. The molecular weight excluding hydrogens is 465 g/mol. The molecule has 3 aromatic heterocycles. The van der Waals surface area contributed by atoms with Gasteiger partial charge in [0.15, 0.2) is 0 Å². The fraction of sp³-hybridized carbons (Fsp3) is 0.100. The van der Waals surface area contributed by atoms with E-state index in [1.165, 1.54) is 12.1 Å². The van der Waals surface area contributed by atoms with Gasteiger partial charge in [0, 0.05) is 34.0 Å². The minimum Gasteiger partial charge on any atom is -0.353 e. The number of amides is 1. The minimum atomic E-state index is -0.254. The quantitative estimate of drug-likeness (QED) is 0.246. The lowest BCUT2D eigenvalue weighted by molar-refractivity contribution is -0.117. The number of anilines is 1. The van der Waals surface area contributed by atoms with Crippen LogP contribution in [0.4, 0.5) is 10.1 Å². The van der Waals surface area contributed by atoms with Crippen molar-refractivity contribution in [1.29, 1.82) is 0 Å². The summed E-state index contributed by atoms with van der Waals surface area (Å²) in [4.78, 5) is 20.0. The summed E-state index contributed by atoms with van der Waals surface area (Å²) in [7, 11) is 0. The molecule has 1 amide bonds. The van der Waals surface area contributed by atoms with Gasteiger partial charge in [-0.1, -0.05) is 30.3 Å². The standard InChI is InChI=1S/C30H22FN5O/c31-21-9-6-17(7-10-21)23-2-1-3-26-24(23)14-28(34-26)29-25-13-19(8-11-27(25)35-36-29)20-12-22(16-32-15-20)33-30(37)18-4-5-18/h1-3,6-16,18,34H,4-5H2,(H,33,37)(H,35,36). The molecule has 3 heterocycles. The van der Waals surface area contributed by atoms with Crippen LogP contribution in [-0.4, -0.2) is 26.1 Å². The number of rotatable bonds is 5. The number of nitrogens with zero attached hydrogens (tertiary/aromatic N) is 2. The Morgan fingerprint density at radius 2 is 1.70 bits per heavy atom. The molecule has 0 bridgehead atoms. The van der Waals surface area contributed by atoms with E-state index in [1.54, 1.807) is 24.5 Å². The molecule has 1 fully saturated rings. The third-order valence-corrected chi connectivity index (χ3v) is 6.92. The van der Waals surface area contributed by atoms with Gasteiger partial charge in [-0.15, -0.1) is 0 Å². The van der Waals surface area contributed by atoms with E-state index in [0.717, 1.165) is 68.3 Å². The molecule has 0 saturated heterocycles. The Kier molecular flexibility index (Phi) is 4.89. The summed E-state index contributed by atoms with van der Waals surface area (Å²) in [5.74, 6) is -0.0609. The van der Waals surface area contributed by atoms with Crippen molar-refractivity contribution >= 4 is 33.4 Å².